The van der Waals surface area contributed by atoms with Crippen molar-refractivity contribution < 1.29 is 19.1 Å². The molecule has 2 aromatic carbocycles. The quantitative estimate of drug-likeness (QED) is 0.637. The van der Waals surface area contributed by atoms with E-state index in [4.69, 9.17) is 32.7 Å². The summed E-state index contributed by atoms with van der Waals surface area (Å²) in [6.07, 6.45) is -0.742. The Hall–Kier alpha value is -2.24. The number of ether oxygens (including phenoxy) is 2. The van der Waals surface area contributed by atoms with E-state index in [0.717, 1.165) is 0 Å². The van der Waals surface area contributed by atoms with Gasteiger partial charge in [0.25, 0.3) is 5.91 Å². The van der Waals surface area contributed by atoms with Gasteiger partial charge in [0.2, 0.25) is 0 Å². The fraction of sp³-hybridized carbons (Fsp3) is 0.300. The Morgan fingerprint density at radius 2 is 1.70 bits per heavy atom. The van der Waals surface area contributed by atoms with Crippen LogP contribution in [0.4, 0.5) is 5.69 Å². The molecular weight excluding hydrogens is 389 g/mol. The molecule has 1 atom stereocenters. The van der Waals surface area contributed by atoms with Crippen LogP contribution in [0.1, 0.15) is 31.1 Å². The molecule has 1 amide bonds. The molecule has 0 aromatic heterocycles. The Labute approximate surface area is 168 Å². The average molecular weight is 410 g/mol. The fourth-order valence-electron chi connectivity index (χ4n) is 2.09. The maximum absolute atomic E-state index is 12.3. The summed E-state index contributed by atoms with van der Waals surface area (Å²) in [6, 6.07) is 11.2. The summed E-state index contributed by atoms with van der Waals surface area (Å²) in [5, 5.41) is 3.56. The minimum atomic E-state index is -0.742. The third kappa shape index (κ3) is 6.45. The number of hydrogen-bond acceptors (Lipinski definition) is 4. The van der Waals surface area contributed by atoms with Crippen LogP contribution >= 0.6 is 23.2 Å². The molecule has 1 N–H and O–H groups in total. The molecule has 0 saturated heterocycles. The molecule has 5 nitrogen and oxygen atoms in total. The Bertz CT molecular complexity index is 806. The van der Waals surface area contributed by atoms with E-state index in [1.807, 2.05) is 13.8 Å². The van der Waals surface area contributed by atoms with E-state index < -0.39 is 12.1 Å². The van der Waals surface area contributed by atoms with Crippen LogP contribution in [-0.2, 0) is 9.53 Å². The monoisotopic (exact) mass is 409 g/mol. The SMILES string of the molecule is CC(C)COC(=O)[C@@H](C)Oc1ccc(C(=O)Nc2cc(Cl)ccc2Cl)cc1. The zero-order valence-electron chi connectivity index (χ0n) is 15.3. The molecule has 0 heterocycles. The highest BCUT2D eigenvalue weighted by Crippen LogP contribution is 2.26. The van der Waals surface area contributed by atoms with E-state index in [-0.39, 0.29) is 11.8 Å². The zero-order valence-corrected chi connectivity index (χ0v) is 16.8. The average Bonchev–Trinajstić information content (AvgIpc) is 2.63. The number of carbonyl (C=O) groups is 2. The van der Waals surface area contributed by atoms with Gasteiger partial charge in [-0.15, -0.1) is 0 Å². The fourth-order valence-corrected chi connectivity index (χ4v) is 2.43. The third-order valence-electron chi connectivity index (χ3n) is 3.50. The van der Waals surface area contributed by atoms with Gasteiger partial charge >= 0.3 is 5.97 Å². The highest BCUT2D eigenvalue weighted by Gasteiger charge is 2.17. The number of rotatable bonds is 7. The number of halogens is 2. The molecule has 0 spiro atoms. The lowest BCUT2D eigenvalue weighted by Crippen LogP contribution is -2.27. The third-order valence-corrected chi connectivity index (χ3v) is 4.06. The summed E-state index contributed by atoms with van der Waals surface area (Å²) >= 11 is 12.0. The number of esters is 1. The minimum absolute atomic E-state index is 0.256. The molecule has 2 aromatic rings. The lowest BCUT2D eigenvalue weighted by molar-refractivity contribution is -0.152. The molecule has 2 rings (SSSR count). The normalized spacial score (nSPS) is 11.8. The molecular formula is C20H21Cl2NO4. The number of nitrogens with one attached hydrogen (secondary N) is 1. The summed E-state index contributed by atoms with van der Waals surface area (Å²) in [5.74, 6) is -0.0514. The van der Waals surface area contributed by atoms with Crippen molar-refractivity contribution in [3.05, 3.63) is 58.1 Å². The van der Waals surface area contributed by atoms with E-state index in [2.05, 4.69) is 5.32 Å². The second-order valence-corrected chi connectivity index (χ2v) is 7.23. The van der Waals surface area contributed by atoms with E-state index >= 15 is 0 Å². The van der Waals surface area contributed by atoms with Gasteiger partial charge in [-0.25, -0.2) is 4.79 Å². The molecule has 0 unspecified atom stereocenters. The maximum atomic E-state index is 12.3. The predicted molar refractivity (Wildman–Crippen MR) is 107 cm³/mol. The van der Waals surface area contributed by atoms with Gasteiger partial charge in [0.05, 0.1) is 17.3 Å². The molecule has 27 heavy (non-hydrogen) atoms. The number of anilines is 1. The summed E-state index contributed by atoms with van der Waals surface area (Å²) in [6.45, 7) is 5.88. The molecule has 0 aliphatic heterocycles. The number of carbonyl (C=O) groups excluding carboxylic acids is 2. The van der Waals surface area contributed by atoms with Gasteiger partial charge in [-0.05, 0) is 55.3 Å². The molecule has 0 aliphatic rings. The molecule has 0 bridgehead atoms. The second-order valence-electron chi connectivity index (χ2n) is 6.39. The van der Waals surface area contributed by atoms with Crippen LogP contribution in [-0.4, -0.2) is 24.6 Å². The second kappa shape index (κ2) is 9.62. The topological polar surface area (TPSA) is 64.6 Å². The van der Waals surface area contributed by atoms with E-state index in [9.17, 15) is 9.59 Å². The van der Waals surface area contributed by atoms with Gasteiger partial charge in [0.1, 0.15) is 5.75 Å². The van der Waals surface area contributed by atoms with Crippen LogP contribution in [0.15, 0.2) is 42.5 Å². The largest absolute Gasteiger partial charge is 0.479 e. The highest BCUT2D eigenvalue weighted by molar-refractivity contribution is 6.35. The summed E-state index contributed by atoms with van der Waals surface area (Å²) in [4.78, 5) is 24.2. The Kier molecular flexibility index (Phi) is 7.51. The van der Waals surface area contributed by atoms with Crippen molar-refractivity contribution in [1.82, 2.24) is 0 Å². The van der Waals surface area contributed by atoms with E-state index in [0.29, 0.717) is 33.7 Å². The summed E-state index contributed by atoms with van der Waals surface area (Å²) in [5.41, 5.74) is 0.837. The lowest BCUT2D eigenvalue weighted by atomic mass is 10.2. The van der Waals surface area contributed by atoms with Gasteiger partial charge in [-0.3, -0.25) is 4.79 Å². The first kappa shape index (κ1) is 21.1. The van der Waals surface area contributed by atoms with Gasteiger partial charge in [-0.1, -0.05) is 37.0 Å². The van der Waals surface area contributed by atoms with E-state index in [1.165, 1.54) is 0 Å². The van der Waals surface area contributed by atoms with Gasteiger partial charge in [0.15, 0.2) is 6.10 Å². The Morgan fingerprint density at radius 1 is 1.04 bits per heavy atom. The number of amides is 1. The van der Waals surface area contributed by atoms with Crippen LogP contribution in [0.3, 0.4) is 0 Å². The molecule has 7 heteroatoms. The first-order valence-electron chi connectivity index (χ1n) is 8.46. The zero-order chi connectivity index (χ0) is 20.0. The molecule has 144 valence electrons. The van der Waals surface area contributed by atoms with Crippen molar-refractivity contribution in [3.63, 3.8) is 0 Å². The highest BCUT2D eigenvalue weighted by atomic mass is 35.5. The van der Waals surface area contributed by atoms with Gasteiger partial charge < -0.3 is 14.8 Å². The lowest BCUT2D eigenvalue weighted by Gasteiger charge is -2.15. The van der Waals surface area contributed by atoms with Crippen molar-refractivity contribution in [3.8, 4) is 5.75 Å². The van der Waals surface area contributed by atoms with Crippen LogP contribution in [0.25, 0.3) is 0 Å². The standard InChI is InChI=1S/C20H21Cl2NO4/c1-12(2)11-26-20(25)13(3)27-16-7-4-14(5-8-16)19(24)23-18-10-15(21)6-9-17(18)22/h4-10,12-13H,11H2,1-3H3,(H,23,24)/t13-/m1/s1. The van der Waals surface area contributed by atoms with Crippen molar-refractivity contribution in [2.24, 2.45) is 5.92 Å². The van der Waals surface area contributed by atoms with Gasteiger partial charge in [0, 0.05) is 10.6 Å². The first-order chi connectivity index (χ1) is 12.8. The summed E-state index contributed by atoms with van der Waals surface area (Å²) in [7, 11) is 0. The Balaban J connectivity index is 1.97. The first-order valence-corrected chi connectivity index (χ1v) is 9.21. The van der Waals surface area contributed by atoms with Crippen LogP contribution in [0, 0.1) is 5.92 Å². The maximum Gasteiger partial charge on any atom is 0.347 e. The van der Waals surface area contributed by atoms with Crippen molar-refractivity contribution in [1.29, 1.82) is 0 Å². The van der Waals surface area contributed by atoms with Crippen molar-refractivity contribution in [2.45, 2.75) is 26.9 Å². The van der Waals surface area contributed by atoms with Crippen LogP contribution < -0.4 is 10.1 Å². The van der Waals surface area contributed by atoms with Crippen LogP contribution in [0.2, 0.25) is 10.0 Å². The Morgan fingerprint density at radius 3 is 2.33 bits per heavy atom. The molecule has 0 radical (unpaired) electrons. The van der Waals surface area contributed by atoms with Gasteiger partial charge in [-0.2, -0.15) is 0 Å². The minimum Gasteiger partial charge on any atom is -0.479 e. The number of hydrogen-bond donors (Lipinski definition) is 1. The molecule has 0 aliphatic carbocycles. The van der Waals surface area contributed by atoms with Crippen molar-refractivity contribution >= 4 is 40.8 Å². The smallest absolute Gasteiger partial charge is 0.347 e. The van der Waals surface area contributed by atoms with Crippen molar-refractivity contribution in [2.75, 3.05) is 11.9 Å². The van der Waals surface area contributed by atoms with E-state index in [1.54, 1.807) is 49.4 Å². The molecule has 0 fully saturated rings. The molecule has 0 saturated carbocycles. The number of benzene rings is 2. The summed E-state index contributed by atoms with van der Waals surface area (Å²) < 4.78 is 10.7. The van der Waals surface area contributed by atoms with Crippen LogP contribution in [0.5, 0.6) is 5.75 Å². The predicted octanol–water partition coefficient (Wildman–Crippen LogP) is 5.21.